The first kappa shape index (κ1) is 15.4. The van der Waals surface area contributed by atoms with Gasteiger partial charge in [0.05, 0.1) is 0 Å². The lowest BCUT2D eigenvalue weighted by Crippen LogP contribution is -2.35. The van der Waals surface area contributed by atoms with E-state index in [-0.39, 0.29) is 5.91 Å². The van der Waals surface area contributed by atoms with Crippen LogP contribution in [0.5, 0.6) is 0 Å². The first-order valence-electron chi connectivity index (χ1n) is 7.32. The van der Waals surface area contributed by atoms with Crippen molar-refractivity contribution in [1.82, 2.24) is 10.6 Å². The monoisotopic (exact) mass is 256 g/mol. The van der Waals surface area contributed by atoms with Gasteiger partial charge in [-0.1, -0.05) is 6.42 Å². The first-order chi connectivity index (χ1) is 8.83. The summed E-state index contributed by atoms with van der Waals surface area (Å²) in [6, 6.07) is 0.561. The zero-order valence-electron chi connectivity index (χ0n) is 11.7. The number of methoxy groups -OCH3 is 1. The quantitative estimate of drug-likeness (QED) is 0.619. The highest BCUT2D eigenvalue weighted by atomic mass is 16.5. The van der Waals surface area contributed by atoms with Gasteiger partial charge in [-0.25, -0.2) is 0 Å². The van der Waals surface area contributed by atoms with Crippen molar-refractivity contribution in [2.75, 3.05) is 26.8 Å². The van der Waals surface area contributed by atoms with Crippen LogP contribution in [0.3, 0.4) is 0 Å². The van der Waals surface area contributed by atoms with Crippen molar-refractivity contribution in [3.63, 3.8) is 0 Å². The zero-order chi connectivity index (χ0) is 13.1. The molecule has 1 fully saturated rings. The standard InChI is InChI=1S/C14H28N2O2/c1-18-12-6-2-4-11-16-14(17)9-8-13-7-3-5-10-15-13/h13,15H,2-12H2,1H3,(H,16,17). The van der Waals surface area contributed by atoms with Gasteiger partial charge in [0, 0.05) is 32.7 Å². The summed E-state index contributed by atoms with van der Waals surface area (Å²) in [5, 5.41) is 6.46. The third-order valence-electron chi connectivity index (χ3n) is 3.48. The highest BCUT2D eigenvalue weighted by Gasteiger charge is 2.13. The maximum Gasteiger partial charge on any atom is 0.220 e. The molecule has 106 valence electrons. The van der Waals surface area contributed by atoms with E-state index in [1.807, 2.05) is 0 Å². The van der Waals surface area contributed by atoms with Crippen LogP contribution in [-0.4, -0.2) is 38.8 Å². The van der Waals surface area contributed by atoms with Gasteiger partial charge in [0.25, 0.3) is 0 Å². The Morgan fingerprint density at radius 1 is 1.33 bits per heavy atom. The van der Waals surface area contributed by atoms with Crippen LogP contribution in [0.15, 0.2) is 0 Å². The lowest BCUT2D eigenvalue weighted by molar-refractivity contribution is -0.121. The maximum atomic E-state index is 11.6. The molecule has 1 rings (SSSR count). The van der Waals surface area contributed by atoms with Gasteiger partial charge in [-0.05, 0) is 45.1 Å². The molecule has 1 heterocycles. The summed E-state index contributed by atoms with van der Waals surface area (Å²) in [6.45, 7) is 2.74. The average molecular weight is 256 g/mol. The third kappa shape index (κ3) is 7.67. The van der Waals surface area contributed by atoms with Crippen molar-refractivity contribution >= 4 is 5.91 Å². The van der Waals surface area contributed by atoms with Crippen LogP contribution in [0.1, 0.15) is 51.4 Å². The number of carbonyl (C=O) groups is 1. The molecule has 4 nitrogen and oxygen atoms in total. The molecule has 1 atom stereocenters. The smallest absolute Gasteiger partial charge is 0.220 e. The third-order valence-corrected chi connectivity index (χ3v) is 3.48. The van der Waals surface area contributed by atoms with E-state index >= 15 is 0 Å². The van der Waals surface area contributed by atoms with Gasteiger partial charge in [0.15, 0.2) is 0 Å². The predicted octanol–water partition coefficient (Wildman–Crippen LogP) is 1.84. The summed E-state index contributed by atoms with van der Waals surface area (Å²) in [7, 11) is 1.72. The minimum Gasteiger partial charge on any atom is -0.385 e. The van der Waals surface area contributed by atoms with Crippen molar-refractivity contribution in [1.29, 1.82) is 0 Å². The number of nitrogens with one attached hydrogen (secondary N) is 2. The number of carbonyl (C=O) groups excluding carboxylic acids is 1. The molecule has 0 spiro atoms. The lowest BCUT2D eigenvalue weighted by Gasteiger charge is -2.23. The van der Waals surface area contributed by atoms with Crippen LogP contribution in [0.4, 0.5) is 0 Å². The Morgan fingerprint density at radius 3 is 2.94 bits per heavy atom. The van der Waals surface area contributed by atoms with Gasteiger partial charge in [0.1, 0.15) is 0 Å². The minimum absolute atomic E-state index is 0.203. The normalized spacial score (nSPS) is 19.7. The summed E-state index contributed by atoms with van der Waals surface area (Å²) in [6.07, 6.45) is 8.71. The number of hydrogen-bond donors (Lipinski definition) is 2. The van der Waals surface area contributed by atoms with E-state index in [0.29, 0.717) is 12.5 Å². The molecule has 2 N–H and O–H groups in total. The molecule has 1 amide bonds. The number of amides is 1. The van der Waals surface area contributed by atoms with E-state index in [9.17, 15) is 4.79 Å². The highest BCUT2D eigenvalue weighted by molar-refractivity contribution is 5.75. The minimum atomic E-state index is 0.203. The van der Waals surface area contributed by atoms with Gasteiger partial charge in [0.2, 0.25) is 5.91 Å². The van der Waals surface area contributed by atoms with Crippen molar-refractivity contribution in [3.8, 4) is 0 Å². The Bertz CT molecular complexity index is 216. The summed E-state index contributed by atoms with van der Waals surface area (Å²) in [4.78, 5) is 11.6. The van der Waals surface area contributed by atoms with Gasteiger partial charge in [-0.15, -0.1) is 0 Å². The molecule has 0 aromatic rings. The van der Waals surface area contributed by atoms with Gasteiger partial charge >= 0.3 is 0 Å². The van der Waals surface area contributed by atoms with Crippen molar-refractivity contribution < 1.29 is 9.53 Å². The number of rotatable bonds is 9. The number of ether oxygens (including phenoxy) is 1. The fourth-order valence-electron chi connectivity index (χ4n) is 2.34. The number of unbranched alkanes of at least 4 members (excludes halogenated alkanes) is 2. The van der Waals surface area contributed by atoms with Crippen LogP contribution in [0.2, 0.25) is 0 Å². The molecule has 1 aliphatic heterocycles. The van der Waals surface area contributed by atoms with Crippen LogP contribution in [-0.2, 0) is 9.53 Å². The van der Waals surface area contributed by atoms with Gasteiger partial charge in [-0.2, -0.15) is 0 Å². The lowest BCUT2D eigenvalue weighted by atomic mass is 10.0. The van der Waals surface area contributed by atoms with Crippen LogP contribution in [0, 0.1) is 0 Å². The Kier molecular flexibility index (Phi) is 8.86. The molecular weight excluding hydrogens is 228 g/mol. The summed E-state index contributed by atoms with van der Waals surface area (Å²) >= 11 is 0. The fourth-order valence-corrected chi connectivity index (χ4v) is 2.34. The number of piperidine rings is 1. The Morgan fingerprint density at radius 2 is 2.22 bits per heavy atom. The summed E-state index contributed by atoms with van der Waals surface area (Å²) < 4.78 is 4.98. The fraction of sp³-hybridized carbons (Fsp3) is 0.929. The van der Waals surface area contributed by atoms with E-state index in [2.05, 4.69) is 10.6 Å². The van der Waals surface area contributed by atoms with E-state index < -0.39 is 0 Å². The predicted molar refractivity (Wildman–Crippen MR) is 73.6 cm³/mol. The summed E-state index contributed by atoms with van der Waals surface area (Å²) in [5.74, 6) is 0.203. The zero-order valence-corrected chi connectivity index (χ0v) is 11.7. The molecule has 0 aromatic carbocycles. The topological polar surface area (TPSA) is 50.4 Å². The molecule has 4 heteroatoms. The van der Waals surface area contributed by atoms with Crippen LogP contribution >= 0.6 is 0 Å². The second-order valence-corrected chi connectivity index (χ2v) is 5.09. The second-order valence-electron chi connectivity index (χ2n) is 5.09. The molecule has 0 radical (unpaired) electrons. The second kappa shape index (κ2) is 10.3. The van der Waals surface area contributed by atoms with E-state index in [1.54, 1.807) is 7.11 Å². The Balaban J connectivity index is 1.90. The molecule has 1 aliphatic rings. The van der Waals surface area contributed by atoms with Crippen LogP contribution in [0.25, 0.3) is 0 Å². The van der Waals surface area contributed by atoms with E-state index in [4.69, 9.17) is 4.74 Å². The largest absolute Gasteiger partial charge is 0.385 e. The molecule has 0 aliphatic carbocycles. The molecule has 0 aromatic heterocycles. The highest BCUT2D eigenvalue weighted by Crippen LogP contribution is 2.11. The first-order valence-corrected chi connectivity index (χ1v) is 7.32. The molecule has 0 saturated carbocycles. The molecule has 1 unspecified atom stereocenters. The molecule has 1 saturated heterocycles. The molecular formula is C14H28N2O2. The Labute approximate surface area is 111 Å². The average Bonchev–Trinajstić information content (AvgIpc) is 2.41. The maximum absolute atomic E-state index is 11.6. The van der Waals surface area contributed by atoms with Crippen LogP contribution < -0.4 is 10.6 Å². The molecule has 18 heavy (non-hydrogen) atoms. The molecule has 0 bridgehead atoms. The van der Waals surface area contributed by atoms with Gasteiger partial charge in [-0.3, -0.25) is 4.79 Å². The van der Waals surface area contributed by atoms with Crippen molar-refractivity contribution in [2.24, 2.45) is 0 Å². The SMILES string of the molecule is COCCCCCNC(=O)CCC1CCCCN1. The number of hydrogen-bond acceptors (Lipinski definition) is 3. The van der Waals surface area contributed by atoms with Gasteiger partial charge < -0.3 is 15.4 Å². The van der Waals surface area contributed by atoms with Crippen molar-refractivity contribution in [3.05, 3.63) is 0 Å². The Hall–Kier alpha value is -0.610. The van der Waals surface area contributed by atoms with E-state index in [0.717, 1.165) is 45.4 Å². The van der Waals surface area contributed by atoms with E-state index in [1.165, 1.54) is 19.3 Å². The summed E-state index contributed by atoms with van der Waals surface area (Å²) in [5.41, 5.74) is 0. The van der Waals surface area contributed by atoms with Crippen molar-refractivity contribution in [2.45, 2.75) is 57.4 Å².